The fourth-order valence-electron chi connectivity index (χ4n) is 2.05. The molecule has 1 heterocycles. The molecule has 0 fully saturated rings. The molecule has 0 aliphatic rings. The molecule has 0 amide bonds. The maximum atomic E-state index is 14.1. The number of hydrogen-bond acceptors (Lipinski definition) is 4. The molecule has 1 aromatic carbocycles. The van der Waals surface area contributed by atoms with E-state index in [2.05, 4.69) is 4.74 Å². The SMILES string of the molecule is CCCCOc1ccc(-n2cccc(C(=O)OC)c2=O)cc1F. The molecule has 5 nitrogen and oxygen atoms in total. The summed E-state index contributed by atoms with van der Waals surface area (Å²) in [7, 11) is 1.20. The predicted octanol–water partition coefficient (Wildman–Crippen LogP) is 2.94. The summed E-state index contributed by atoms with van der Waals surface area (Å²) in [4.78, 5) is 23.8. The quantitative estimate of drug-likeness (QED) is 0.607. The maximum Gasteiger partial charge on any atom is 0.343 e. The highest BCUT2D eigenvalue weighted by atomic mass is 19.1. The monoisotopic (exact) mass is 319 g/mol. The Kier molecular flexibility index (Phi) is 5.51. The second-order valence-electron chi connectivity index (χ2n) is 4.91. The summed E-state index contributed by atoms with van der Waals surface area (Å²) >= 11 is 0. The number of halogens is 1. The van der Waals surface area contributed by atoms with Crippen molar-refractivity contribution >= 4 is 5.97 Å². The summed E-state index contributed by atoms with van der Waals surface area (Å²) in [5.74, 6) is -1.15. The Hall–Kier alpha value is -2.63. The number of unbranched alkanes of at least 4 members (excludes halogenated alkanes) is 1. The summed E-state index contributed by atoms with van der Waals surface area (Å²) in [6, 6.07) is 7.12. The van der Waals surface area contributed by atoms with Crippen molar-refractivity contribution in [2.45, 2.75) is 19.8 Å². The van der Waals surface area contributed by atoms with E-state index in [0.717, 1.165) is 12.8 Å². The van der Waals surface area contributed by atoms with Crippen molar-refractivity contribution in [3.8, 4) is 11.4 Å². The molecule has 0 saturated carbocycles. The molecule has 0 N–H and O–H groups in total. The van der Waals surface area contributed by atoms with Crippen molar-refractivity contribution < 1.29 is 18.7 Å². The molecule has 23 heavy (non-hydrogen) atoms. The first-order chi connectivity index (χ1) is 11.1. The number of ether oxygens (including phenoxy) is 2. The van der Waals surface area contributed by atoms with Crippen LogP contribution in [-0.2, 0) is 4.74 Å². The molecule has 0 bridgehead atoms. The molecule has 2 rings (SSSR count). The minimum atomic E-state index is -0.732. The molecule has 122 valence electrons. The first-order valence-corrected chi connectivity index (χ1v) is 7.31. The number of methoxy groups -OCH3 is 1. The minimum Gasteiger partial charge on any atom is -0.491 e. The van der Waals surface area contributed by atoms with E-state index < -0.39 is 17.3 Å². The Bertz CT molecular complexity index is 754. The molecule has 0 aliphatic heterocycles. The van der Waals surface area contributed by atoms with E-state index in [1.165, 1.54) is 42.1 Å². The highest BCUT2D eigenvalue weighted by Crippen LogP contribution is 2.20. The third-order valence-corrected chi connectivity index (χ3v) is 3.30. The second kappa shape index (κ2) is 7.58. The predicted molar refractivity (Wildman–Crippen MR) is 83.7 cm³/mol. The van der Waals surface area contributed by atoms with Gasteiger partial charge in [0.2, 0.25) is 0 Å². The Morgan fingerprint density at radius 3 is 2.74 bits per heavy atom. The van der Waals surface area contributed by atoms with Crippen LogP contribution in [0.5, 0.6) is 5.75 Å². The van der Waals surface area contributed by atoms with Crippen LogP contribution in [0, 0.1) is 5.82 Å². The van der Waals surface area contributed by atoms with E-state index in [-0.39, 0.29) is 11.3 Å². The van der Waals surface area contributed by atoms with Gasteiger partial charge in [-0.25, -0.2) is 9.18 Å². The molecule has 0 unspecified atom stereocenters. The second-order valence-corrected chi connectivity index (χ2v) is 4.91. The van der Waals surface area contributed by atoms with Crippen LogP contribution in [0.15, 0.2) is 41.3 Å². The zero-order chi connectivity index (χ0) is 16.8. The Morgan fingerprint density at radius 1 is 1.30 bits per heavy atom. The molecule has 0 radical (unpaired) electrons. The van der Waals surface area contributed by atoms with Gasteiger partial charge in [0.05, 0.1) is 19.4 Å². The number of carbonyl (C=O) groups excluding carboxylic acids is 1. The van der Waals surface area contributed by atoms with Gasteiger partial charge in [-0.05, 0) is 30.7 Å². The number of aromatic nitrogens is 1. The molecule has 0 atom stereocenters. The van der Waals surface area contributed by atoms with Gasteiger partial charge in [-0.1, -0.05) is 13.3 Å². The smallest absolute Gasteiger partial charge is 0.343 e. The van der Waals surface area contributed by atoms with Crippen molar-refractivity contribution in [3.63, 3.8) is 0 Å². The first kappa shape index (κ1) is 16.7. The molecular weight excluding hydrogens is 301 g/mol. The minimum absolute atomic E-state index is 0.112. The lowest BCUT2D eigenvalue weighted by Crippen LogP contribution is -2.25. The van der Waals surface area contributed by atoms with Gasteiger partial charge in [0.25, 0.3) is 5.56 Å². The number of rotatable bonds is 6. The van der Waals surface area contributed by atoms with E-state index in [9.17, 15) is 14.0 Å². The summed E-state index contributed by atoms with van der Waals surface area (Å²) in [5, 5.41) is 0. The van der Waals surface area contributed by atoms with Gasteiger partial charge in [-0.15, -0.1) is 0 Å². The number of benzene rings is 1. The van der Waals surface area contributed by atoms with Crippen LogP contribution in [0.25, 0.3) is 5.69 Å². The fraction of sp³-hybridized carbons (Fsp3) is 0.294. The number of carbonyl (C=O) groups is 1. The van der Waals surface area contributed by atoms with Gasteiger partial charge in [0.15, 0.2) is 11.6 Å². The van der Waals surface area contributed by atoms with E-state index in [0.29, 0.717) is 12.3 Å². The van der Waals surface area contributed by atoms with Crippen molar-refractivity contribution in [1.29, 1.82) is 0 Å². The normalized spacial score (nSPS) is 10.4. The van der Waals surface area contributed by atoms with Crippen LogP contribution in [0.1, 0.15) is 30.1 Å². The first-order valence-electron chi connectivity index (χ1n) is 7.31. The largest absolute Gasteiger partial charge is 0.491 e. The summed E-state index contributed by atoms with van der Waals surface area (Å²) in [6.07, 6.45) is 3.25. The summed E-state index contributed by atoms with van der Waals surface area (Å²) in [5.41, 5.74) is -0.377. The van der Waals surface area contributed by atoms with Gasteiger partial charge in [-0.2, -0.15) is 0 Å². The molecular formula is C17H18FNO4. The van der Waals surface area contributed by atoms with Gasteiger partial charge >= 0.3 is 5.97 Å². The Labute approximate surface area is 133 Å². The Balaban J connectivity index is 2.34. The topological polar surface area (TPSA) is 57.5 Å². The van der Waals surface area contributed by atoms with Crippen LogP contribution in [0.3, 0.4) is 0 Å². The Morgan fingerprint density at radius 2 is 2.09 bits per heavy atom. The lowest BCUT2D eigenvalue weighted by molar-refractivity contribution is 0.0598. The zero-order valence-corrected chi connectivity index (χ0v) is 13.0. The summed E-state index contributed by atoms with van der Waals surface area (Å²) in [6.45, 7) is 2.45. The molecule has 0 saturated heterocycles. The number of pyridine rings is 1. The molecule has 0 aliphatic carbocycles. The average Bonchev–Trinajstić information content (AvgIpc) is 2.56. The van der Waals surface area contributed by atoms with Gasteiger partial charge in [0.1, 0.15) is 5.56 Å². The van der Waals surface area contributed by atoms with Crippen molar-refractivity contribution in [3.05, 3.63) is 58.3 Å². The molecule has 6 heteroatoms. The highest BCUT2D eigenvalue weighted by molar-refractivity contribution is 5.88. The number of hydrogen-bond donors (Lipinski definition) is 0. The van der Waals surface area contributed by atoms with E-state index in [4.69, 9.17) is 4.74 Å². The van der Waals surface area contributed by atoms with Crippen molar-refractivity contribution in [1.82, 2.24) is 4.57 Å². The maximum absolute atomic E-state index is 14.1. The van der Waals surface area contributed by atoms with Crippen LogP contribution < -0.4 is 10.3 Å². The summed E-state index contributed by atoms with van der Waals surface area (Å²) < 4.78 is 25.2. The van der Waals surface area contributed by atoms with Crippen LogP contribution in [-0.4, -0.2) is 24.3 Å². The number of esters is 1. The van der Waals surface area contributed by atoms with E-state index >= 15 is 0 Å². The average molecular weight is 319 g/mol. The highest BCUT2D eigenvalue weighted by Gasteiger charge is 2.14. The zero-order valence-electron chi connectivity index (χ0n) is 13.0. The molecule has 0 spiro atoms. The van der Waals surface area contributed by atoms with Gasteiger partial charge in [-0.3, -0.25) is 9.36 Å². The van der Waals surface area contributed by atoms with Gasteiger partial charge in [0, 0.05) is 12.3 Å². The van der Waals surface area contributed by atoms with Crippen LogP contribution >= 0.6 is 0 Å². The van der Waals surface area contributed by atoms with Crippen LogP contribution in [0.2, 0.25) is 0 Å². The third kappa shape index (κ3) is 3.77. The van der Waals surface area contributed by atoms with E-state index in [1.54, 1.807) is 6.07 Å². The molecule has 1 aromatic heterocycles. The van der Waals surface area contributed by atoms with Crippen molar-refractivity contribution in [2.24, 2.45) is 0 Å². The van der Waals surface area contributed by atoms with Gasteiger partial charge < -0.3 is 9.47 Å². The van der Waals surface area contributed by atoms with Crippen LogP contribution in [0.4, 0.5) is 4.39 Å². The fourth-order valence-corrected chi connectivity index (χ4v) is 2.05. The van der Waals surface area contributed by atoms with Crippen molar-refractivity contribution in [2.75, 3.05) is 13.7 Å². The standard InChI is InChI=1S/C17H18FNO4/c1-3-4-10-23-15-8-7-12(11-14(15)18)19-9-5-6-13(16(19)20)17(21)22-2/h5-9,11H,3-4,10H2,1-2H3. The number of nitrogens with zero attached hydrogens (tertiary/aromatic N) is 1. The lowest BCUT2D eigenvalue weighted by Gasteiger charge is -2.10. The third-order valence-electron chi connectivity index (χ3n) is 3.30. The lowest BCUT2D eigenvalue weighted by atomic mass is 10.2. The van der Waals surface area contributed by atoms with E-state index in [1.807, 2.05) is 6.92 Å². The molecule has 2 aromatic rings.